The summed E-state index contributed by atoms with van der Waals surface area (Å²) in [6.07, 6.45) is 8.72. The van der Waals surface area contributed by atoms with Crippen molar-refractivity contribution in [3.8, 4) is 0 Å². The fourth-order valence-electron chi connectivity index (χ4n) is 3.37. The van der Waals surface area contributed by atoms with Gasteiger partial charge in [0.25, 0.3) is 0 Å². The van der Waals surface area contributed by atoms with Crippen LogP contribution in [0.1, 0.15) is 26.7 Å². The summed E-state index contributed by atoms with van der Waals surface area (Å²) >= 11 is 0. The van der Waals surface area contributed by atoms with Gasteiger partial charge in [-0.15, -0.1) is 0 Å². The number of nitrogens with zero attached hydrogens (tertiary/aromatic N) is 1. The van der Waals surface area contributed by atoms with E-state index in [0.717, 1.165) is 12.5 Å². The van der Waals surface area contributed by atoms with Gasteiger partial charge < -0.3 is 5.32 Å². The van der Waals surface area contributed by atoms with Crippen molar-refractivity contribution in [3.05, 3.63) is 48.3 Å². The third-order valence-corrected chi connectivity index (χ3v) is 4.15. The van der Waals surface area contributed by atoms with Gasteiger partial charge in [-0.05, 0) is 43.7 Å². The molecule has 0 saturated heterocycles. The second kappa shape index (κ2) is 5.66. The van der Waals surface area contributed by atoms with Crippen LogP contribution < -0.4 is 5.32 Å². The van der Waals surface area contributed by atoms with Gasteiger partial charge in [0.2, 0.25) is 0 Å². The van der Waals surface area contributed by atoms with Crippen molar-refractivity contribution in [1.29, 1.82) is 0 Å². The lowest BCUT2D eigenvalue weighted by Crippen LogP contribution is -2.20. The first-order valence-electron chi connectivity index (χ1n) is 7.46. The molecule has 2 heteroatoms. The Morgan fingerprint density at radius 1 is 1.30 bits per heavy atom. The SMILES string of the molecule is CC1=CC(C)CC(CNc2cccc3cnccc23)C1. The van der Waals surface area contributed by atoms with E-state index in [1.165, 1.54) is 34.9 Å². The summed E-state index contributed by atoms with van der Waals surface area (Å²) in [7, 11) is 0. The fourth-order valence-corrected chi connectivity index (χ4v) is 3.37. The highest BCUT2D eigenvalue weighted by Gasteiger charge is 2.17. The minimum Gasteiger partial charge on any atom is -0.384 e. The maximum atomic E-state index is 4.19. The number of pyridine rings is 1. The quantitative estimate of drug-likeness (QED) is 0.819. The highest BCUT2D eigenvalue weighted by Crippen LogP contribution is 2.29. The molecule has 104 valence electrons. The summed E-state index contributed by atoms with van der Waals surface area (Å²) in [6.45, 7) is 5.63. The molecule has 2 atom stereocenters. The number of nitrogens with one attached hydrogen (secondary N) is 1. The van der Waals surface area contributed by atoms with Crippen LogP contribution in [0.3, 0.4) is 0 Å². The standard InChI is InChI=1S/C18H22N2/c1-13-8-14(2)10-15(9-13)11-20-18-5-3-4-16-12-19-7-6-17(16)18/h3-8,12-13,15,20H,9-11H2,1-2H3. The van der Waals surface area contributed by atoms with Crippen LogP contribution in [0, 0.1) is 11.8 Å². The summed E-state index contributed by atoms with van der Waals surface area (Å²) in [5.41, 5.74) is 2.77. The van der Waals surface area contributed by atoms with Crippen LogP contribution in [0.4, 0.5) is 5.69 Å². The number of hydrogen-bond acceptors (Lipinski definition) is 2. The first-order valence-corrected chi connectivity index (χ1v) is 7.46. The third-order valence-electron chi connectivity index (χ3n) is 4.15. The zero-order valence-corrected chi connectivity index (χ0v) is 12.3. The number of anilines is 1. The Morgan fingerprint density at radius 3 is 3.05 bits per heavy atom. The molecule has 0 fully saturated rings. The largest absolute Gasteiger partial charge is 0.384 e. The topological polar surface area (TPSA) is 24.9 Å². The second-order valence-electron chi connectivity index (χ2n) is 6.08. The second-order valence-corrected chi connectivity index (χ2v) is 6.08. The van der Waals surface area contributed by atoms with Gasteiger partial charge in [0.05, 0.1) is 0 Å². The van der Waals surface area contributed by atoms with Crippen molar-refractivity contribution in [2.75, 3.05) is 11.9 Å². The normalized spacial score (nSPS) is 22.6. The van der Waals surface area contributed by atoms with Gasteiger partial charge in [0.1, 0.15) is 0 Å². The molecule has 0 spiro atoms. The lowest BCUT2D eigenvalue weighted by molar-refractivity contribution is 0.421. The Hall–Kier alpha value is -1.83. The number of benzene rings is 1. The molecule has 2 nitrogen and oxygen atoms in total. The average molecular weight is 266 g/mol. The molecule has 3 rings (SSSR count). The summed E-state index contributed by atoms with van der Waals surface area (Å²) in [6, 6.07) is 8.47. The third kappa shape index (κ3) is 2.84. The van der Waals surface area contributed by atoms with Gasteiger partial charge in [0.15, 0.2) is 0 Å². The summed E-state index contributed by atoms with van der Waals surface area (Å²) in [4.78, 5) is 4.19. The van der Waals surface area contributed by atoms with E-state index in [1.807, 2.05) is 12.4 Å². The molecule has 0 amide bonds. The van der Waals surface area contributed by atoms with Crippen molar-refractivity contribution in [2.24, 2.45) is 11.8 Å². The predicted molar refractivity (Wildman–Crippen MR) is 85.9 cm³/mol. The molecule has 1 N–H and O–H groups in total. The van der Waals surface area contributed by atoms with Crippen LogP contribution in [0.15, 0.2) is 48.3 Å². The van der Waals surface area contributed by atoms with E-state index in [-0.39, 0.29) is 0 Å². The van der Waals surface area contributed by atoms with Crippen molar-refractivity contribution < 1.29 is 0 Å². The molecule has 0 saturated carbocycles. The minimum absolute atomic E-state index is 0.715. The molecule has 1 aliphatic carbocycles. The van der Waals surface area contributed by atoms with Gasteiger partial charge in [-0.25, -0.2) is 0 Å². The van der Waals surface area contributed by atoms with Gasteiger partial charge in [-0.3, -0.25) is 4.98 Å². The number of allylic oxidation sites excluding steroid dienone is 2. The van der Waals surface area contributed by atoms with Crippen LogP contribution in [-0.2, 0) is 0 Å². The molecule has 0 bridgehead atoms. The molecule has 2 aromatic rings. The zero-order valence-electron chi connectivity index (χ0n) is 12.3. The summed E-state index contributed by atoms with van der Waals surface area (Å²) in [5, 5.41) is 6.11. The van der Waals surface area contributed by atoms with E-state index in [9.17, 15) is 0 Å². The van der Waals surface area contributed by atoms with Crippen molar-refractivity contribution in [3.63, 3.8) is 0 Å². The van der Waals surface area contributed by atoms with E-state index in [4.69, 9.17) is 0 Å². The monoisotopic (exact) mass is 266 g/mol. The molecule has 1 aromatic carbocycles. The number of hydrogen-bond donors (Lipinski definition) is 1. The first-order chi connectivity index (χ1) is 9.72. The molecule has 1 aromatic heterocycles. The van der Waals surface area contributed by atoms with E-state index in [0.29, 0.717) is 5.92 Å². The van der Waals surface area contributed by atoms with Crippen molar-refractivity contribution in [2.45, 2.75) is 26.7 Å². The van der Waals surface area contributed by atoms with Gasteiger partial charge in [-0.1, -0.05) is 30.7 Å². The average Bonchev–Trinajstić information content (AvgIpc) is 2.44. The Morgan fingerprint density at radius 2 is 2.20 bits per heavy atom. The molecule has 1 aliphatic rings. The lowest BCUT2D eigenvalue weighted by Gasteiger charge is -2.26. The first kappa shape index (κ1) is 13.2. The maximum absolute atomic E-state index is 4.19. The minimum atomic E-state index is 0.715. The molecular weight excluding hydrogens is 244 g/mol. The Kier molecular flexibility index (Phi) is 3.72. The van der Waals surface area contributed by atoms with Gasteiger partial charge in [-0.2, -0.15) is 0 Å². The van der Waals surface area contributed by atoms with Crippen LogP contribution in [0.5, 0.6) is 0 Å². The lowest BCUT2D eigenvalue weighted by atomic mass is 9.83. The molecule has 0 aliphatic heterocycles. The number of aromatic nitrogens is 1. The van der Waals surface area contributed by atoms with Crippen LogP contribution >= 0.6 is 0 Å². The van der Waals surface area contributed by atoms with Crippen LogP contribution in [0.25, 0.3) is 10.8 Å². The van der Waals surface area contributed by atoms with E-state index in [2.05, 4.69) is 54.5 Å². The van der Waals surface area contributed by atoms with E-state index < -0.39 is 0 Å². The van der Waals surface area contributed by atoms with Crippen molar-refractivity contribution in [1.82, 2.24) is 4.98 Å². The molecule has 1 heterocycles. The smallest absolute Gasteiger partial charge is 0.0421 e. The molecule has 2 unspecified atom stereocenters. The number of fused-ring (bicyclic) bond motifs is 1. The maximum Gasteiger partial charge on any atom is 0.0421 e. The van der Waals surface area contributed by atoms with Crippen LogP contribution in [-0.4, -0.2) is 11.5 Å². The summed E-state index contributed by atoms with van der Waals surface area (Å²) < 4.78 is 0. The highest BCUT2D eigenvalue weighted by atomic mass is 14.9. The Balaban J connectivity index is 1.73. The highest BCUT2D eigenvalue weighted by molar-refractivity contribution is 5.93. The van der Waals surface area contributed by atoms with Gasteiger partial charge >= 0.3 is 0 Å². The Bertz CT molecular complexity index is 625. The van der Waals surface area contributed by atoms with Crippen molar-refractivity contribution >= 4 is 16.5 Å². The predicted octanol–water partition coefficient (Wildman–Crippen LogP) is 4.64. The van der Waals surface area contributed by atoms with E-state index in [1.54, 1.807) is 0 Å². The molecule has 20 heavy (non-hydrogen) atoms. The zero-order chi connectivity index (χ0) is 13.9. The van der Waals surface area contributed by atoms with E-state index >= 15 is 0 Å². The van der Waals surface area contributed by atoms with Gasteiger partial charge in [0, 0.05) is 35.4 Å². The number of rotatable bonds is 3. The molecular formula is C18H22N2. The fraction of sp³-hybridized carbons (Fsp3) is 0.389. The van der Waals surface area contributed by atoms with Crippen LogP contribution in [0.2, 0.25) is 0 Å². The molecule has 0 radical (unpaired) electrons. The summed E-state index contributed by atoms with van der Waals surface area (Å²) in [5.74, 6) is 1.46. The Labute approximate surface area is 120 Å².